The minimum absolute atomic E-state index is 0.00463. The maximum Gasteiger partial charge on any atom is 0.137 e. The van der Waals surface area contributed by atoms with Crippen molar-refractivity contribution in [2.24, 2.45) is 5.73 Å². The van der Waals surface area contributed by atoms with E-state index < -0.39 is 0 Å². The number of nitrogens with zero attached hydrogens (tertiary/aromatic N) is 1. The number of hydrogen-bond acceptors (Lipinski definition) is 3. The lowest BCUT2D eigenvalue weighted by Crippen LogP contribution is -2.31. The van der Waals surface area contributed by atoms with Crippen molar-refractivity contribution in [2.45, 2.75) is 12.5 Å². The largest absolute Gasteiger partial charge is 0.330 e. The van der Waals surface area contributed by atoms with Crippen LogP contribution in [0.3, 0.4) is 0 Å². The Balaban J connectivity index is 3.54. The van der Waals surface area contributed by atoms with E-state index in [9.17, 15) is 4.79 Å². The topological polar surface area (TPSA) is 46.3 Å². The SMILES string of the molecule is CN(C)[C@H](C=O)CCN. The number of hydrogen-bond donors (Lipinski definition) is 1. The molecule has 0 aliphatic carbocycles. The minimum atomic E-state index is -0.00463. The molecule has 3 nitrogen and oxygen atoms in total. The fourth-order valence-electron chi connectivity index (χ4n) is 0.619. The van der Waals surface area contributed by atoms with E-state index in [0.717, 1.165) is 12.7 Å². The Morgan fingerprint density at radius 3 is 2.33 bits per heavy atom. The first kappa shape index (κ1) is 8.59. The Hall–Kier alpha value is -0.410. The summed E-state index contributed by atoms with van der Waals surface area (Å²) < 4.78 is 0. The molecule has 3 heteroatoms. The van der Waals surface area contributed by atoms with E-state index in [1.807, 2.05) is 19.0 Å². The molecule has 0 aliphatic heterocycles. The highest BCUT2D eigenvalue weighted by molar-refractivity contribution is 5.57. The summed E-state index contributed by atoms with van der Waals surface area (Å²) in [4.78, 5) is 12.1. The number of rotatable bonds is 4. The van der Waals surface area contributed by atoms with Crippen molar-refractivity contribution in [1.29, 1.82) is 0 Å². The minimum Gasteiger partial charge on any atom is -0.330 e. The number of nitrogens with two attached hydrogens (primary N) is 1. The predicted octanol–water partition coefficient (Wildman–Crippen LogP) is -0.536. The van der Waals surface area contributed by atoms with Gasteiger partial charge in [0.15, 0.2) is 0 Å². The molecule has 0 aromatic heterocycles. The van der Waals surface area contributed by atoms with Crippen LogP contribution in [0.5, 0.6) is 0 Å². The second kappa shape index (κ2) is 4.47. The predicted molar refractivity (Wildman–Crippen MR) is 37.2 cm³/mol. The second-order valence-corrected chi connectivity index (χ2v) is 2.24. The van der Waals surface area contributed by atoms with Gasteiger partial charge in [0.2, 0.25) is 0 Å². The van der Waals surface area contributed by atoms with Gasteiger partial charge in [0.25, 0.3) is 0 Å². The molecule has 0 aliphatic rings. The molecular formula is C6H14N2O. The van der Waals surface area contributed by atoms with Crippen LogP contribution in [0.15, 0.2) is 0 Å². The number of carbonyl (C=O) groups is 1. The van der Waals surface area contributed by atoms with Gasteiger partial charge in [0, 0.05) is 0 Å². The van der Waals surface area contributed by atoms with Gasteiger partial charge >= 0.3 is 0 Å². The summed E-state index contributed by atoms with van der Waals surface area (Å²) >= 11 is 0. The Bertz CT molecular complexity index is 83.1. The van der Waals surface area contributed by atoms with Gasteiger partial charge in [0.1, 0.15) is 6.29 Å². The van der Waals surface area contributed by atoms with Crippen LogP contribution < -0.4 is 5.73 Å². The summed E-state index contributed by atoms with van der Waals surface area (Å²) in [5.74, 6) is 0. The van der Waals surface area contributed by atoms with Crippen molar-refractivity contribution in [3.8, 4) is 0 Å². The van der Waals surface area contributed by atoms with Crippen molar-refractivity contribution in [1.82, 2.24) is 4.90 Å². The highest BCUT2D eigenvalue weighted by atomic mass is 16.1. The molecule has 0 heterocycles. The molecule has 0 fully saturated rings. The zero-order valence-electron chi connectivity index (χ0n) is 6.00. The first-order valence-corrected chi connectivity index (χ1v) is 3.04. The third kappa shape index (κ3) is 3.21. The molecule has 0 aromatic carbocycles. The molecule has 0 bridgehead atoms. The second-order valence-electron chi connectivity index (χ2n) is 2.24. The van der Waals surface area contributed by atoms with Crippen LogP contribution in [-0.2, 0) is 4.79 Å². The lowest BCUT2D eigenvalue weighted by molar-refractivity contribution is -0.111. The van der Waals surface area contributed by atoms with Gasteiger partial charge in [0.05, 0.1) is 6.04 Å². The summed E-state index contributed by atoms with van der Waals surface area (Å²) in [5.41, 5.74) is 5.26. The summed E-state index contributed by atoms with van der Waals surface area (Å²) in [6.07, 6.45) is 1.67. The third-order valence-corrected chi connectivity index (χ3v) is 1.28. The summed E-state index contributed by atoms with van der Waals surface area (Å²) in [6, 6.07) is -0.00463. The molecule has 0 spiro atoms. The van der Waals surface area contributed by atoms with E-state index in [2.05, 4.69) is 0 Å². The van der Waals surface area contributed by atoms with Gasteiger partial charge < -0.3 is 10.5 Å². The Kier molecular flexibility index (Phi) is 4.26. The average molecular weight is 130 g/mol. The van der Waals surface area contributed by atoms with Crippen LogP contribution in [0.1, 0.15) is 6.42 Å². The maximum absolute atomic E-state index is 10.2. The van der Waals surface area contributed by atoms with E-state index in [0.29, 0.717) is 6.54 Å². The fourth-order valence-corrected chi connectivity index (χ4v) is 0.619. The lowest BCUT2D eigenvalue weighted by atomic mass is 10.2. The van der Waals surface area contributed by atoms with E-state index in [1.54, 1.807) is 0 Å². The van der Waals surface area contributed by atoms with Crippen LogP contribution in [0.25, 0.3) is 0 Å². The van der Waals surface area contributed by atoms with Crippen molar-refractivity contribution in [2.75, 3.05) is 20.6 Å². The number of likely N-dealkylation sites (N-methyl/N-ethyl adjacent to an activating group) is 1. The zero-order valence-corrected chi connectivity index (χ0v) is 6.00. The Labute approximate surface area is 55.8 Å². The van der Waals surface area contributed by atoms with Gasteiger partial charge in [-0.1, -0.05) is 0 Å². The quantitative estimate of drug-likeness (QED) is 0.520. The lowest BCUT2D eigenvalue weighted by Gasteiger charge is -2.16. The molecule has 0 rings (SSSR count). The van der Waals surface area contributed by atoms with Crippen molar-refractivity contribution in [3.05, 3.63) is 0 Å². The van der Waals surface area contributed by atoms with Crippen molar-refractivity contribution >= 4 is 6.29 Å². The molecule has 0 amide bonds. The van der Waals surface area contributed by atoms with Crippen LogP contribution in [0.2, 0.25) is 0 Å². The Morgan fingerprint density at radius 1 is 1.67 bits per heavy atom. The van der Waals surface area contributed by atoms with Gasteiger partial charge in [-0.3, -0.25) is 4.90 Å². The van der Waals surface area contributed by atoms with Gasteiger partial charge in [-0.2, -0.15) is 0 Å². The molecule has 1 atom stereocenters. The number of aldehydes is 1. The third-order valence-electron chi connectivity index (χ3n) is 1.28. The van der Waals surface area contributed by atoms with E-state index >= 15 is 0 Å². The fraction of sp³-hybridized carbons (Fsp3) is 0.833. The first-order chi connectivity index (χ1) is 4.22. The first-order valence-electron chi connectivity index (χ1n) is 3.04. The molecule has 54 valence electrons. The molecule has 0 saturated carbocycles. The smallest absolute Gasteiger partial charge is 0.137 e. The molecule has 9 heavy (non-hydrogen) atoms. The normalized spacial score (nSPS) is 13.8. The zero-order chi connectivity index (χ0) is 7.28. The van der Waals surface area contributed by atoms with Gasteiger partial charge in [-0.25, -0.2) is 0 Å². The van der Waals surface area contributed by atoms with E-state index in [-0.39, 0.29) is 6.04 Å². The van der Waals surface area contributed by atoms with Crippen LogP contribution >= 0.6 is 0 Å². The highest BCUT2D eigenvalue weighted by Gasteiger charge is 2.06. The van der Waals surface area contributed by atoms with Crippen LogP contribution in [-0.4, -0.2) is 37.9 Å². The van der Waals surface area contributed by atoms with Crippen LogP contribution in [0, 0.1) is 0 Å². The summed E-state index contributed by atoms with van der Waals surface area (Å²) in [7, 11) is 3.74. The average Bonchev–Trinajstić information content (AvgIpc) is 1.82. The molecule has 0 unspecified atom stereocenters. The molecule has 0 saturated heterocycles. The van der Waals surface area contributed by atoms with E-state index in [4.69, 9.17) is 5.73 Å². The standard InChI is InChI=1S/C6H14N2O/c1-8(2)6(5-9)3-4-7/h5-6H,3-4,7H2,1-2H3/t6-/m0/s1. The molecule has 0 aromatic rings. The maximum atomic E-state index is 10.2. The monoisotopic (exact) mass is 130 g/mol. The summed E-state index contributed by atoms with van der Waals surface area (Å²) in [5, 5.41) is 0. The highest BCUT2D eigenvalue weighted by Crippen LogP contribution is 1.92. The van der Waals surface area contributed by atoms with E-state index in [1.165, 1.54) is 0 Å². The summed E-state index contributed by atoms with van der Waals surface area (Å²) in [6.45, 7) is 0.571. The molecule has 0 radical (unpaired) electrons. The van der Waals surface area contributed by atoms with Crippen molar-refractivity contribution < 1.29 is 4.79 Å². The van der Waals surface area contributed by atoms with Gasteiger partial charge in [-0.05, 0) is 27.1 Å². The molecular weight excluding hydrogens is 116 g/mol. The Morgan fingerprint density at radius 2 is 2.22 bits per heavy atom. The van der Waals surface area contributed by atoms with Crippen LogP contribution in [0.4, 0.5) is 0 Å². The molecule has 2 N–H and O–H groups in total. The van der Waals surface area contributed by atoms with Crippen molar-refractivity contribution in [3.63, 3.8) is 0 Å². The van der Waals surface area contributed by atoms with Gasteiger partial charge in [-0.15, -0.1) is 0 Å². The number of carbonyl (C=O) groups excluding carboxylic acids is 1.